The van der Waals surface area contributed by atoms with Gasteiger partial charge in [-0.2, -0.15) is 0 Å². The van der Waals surface area contributed by atoms with Gasteiger partial charge in [0.1, 0.15) is 5.69 Å². The van der Waals surface area contributed by atoms with Crippen molar-refractivity contribution >= 4 is 16.8 Å². The fraction of sp³-hybridized carbons (Fsp3) is 0.478. The molecular weight excluding hydrogens is 380 g/mol. The summed E-state index contributed by atoms with van der Waals surface area (Å²) in [6, 6.07) is 10.0. The molecule has 7 nitrogen and oxygen atoms in total. The summed E-state index contributed by atoms with van der Waals surface area (Å²) in [6.07, 6.45) is 5.23. The van der Waals surface area contributed by atoms with Gasteiger partial charge in [-0.15, -0.1) is 5.10 Å². The van der Waals surface area contributed by atoms with Crippen LogP contribution in [0.15, 0.2) is 34.7 Å². The molecule has 30 heavy (non-hydrogen) atoms. The van der Waals surface area contributed by atoms with Crippen molar-refractivity contribution in [1.29, 1.82) is 0 Å². The lowest BCUT2D eigenvalue weighted by Gasteiger charge is -2.56. The molecule has 7 heteroatoms. The average molecular weight is 406 g/mol. The Morgan fingerprint density at radius 2 is 2.03 bits per heavy atom. The summed E-state index contributed by atoms with van der Waals surface area (Å²) in [5, 5.41) is 12.3. The number of aromatic nitrogens is 3. The fourth-order valence-corrected chi connectivity index (χ4v) is 4.85. The first-order valence-electron chi connectivity index (χ1n) is 10.7. The quantitative estimate of drug-likeness (QED) is 0.661. The first kappa shape index (κ1) is 19.0. The molecule has 1 aromatic carbocycles. The highest BCUT2D eigenvalue weighted by Gasteiger charge is 2.55. The first-order chi connectivity index (χ1) is 14.5. The molecule has 5 rings (SSSR count). The van der Waals surface area contributed by atoms with Gasteiger partial charge in [-0.1, -0.05) is 29.7 Å². The van der Waals surface area contributed by atoms with Crippen molar-refractivity contribution in [3.8, 4) is 6.08 Å². The van der Waals surface area contributed by atoms with Crippen LogP contribution in [0.4, 0.5) is 0 Å². The molecular formula is C23H26N4O3. The summed E-state index contributed by atoms with van der Waals surface area (Å²) in [5.41, 5.74) is 2.81. The van der Waals surface area contributed by atoms with E-state index in [9.17, 15) is 4.79 Å². The van der Waals surface area contributed by atoms with Crippen molar-refractivity contribution in [3.63, 3.8) is 0 Å². The number of nitrogens with one attached hydrogen (secondary N) is 1. The highest BCUT2D eigenvalue weighted by molar-refractivity contribution is 5.95. The highest BCUT2D eigenvalue weighted by Crippen LogP contribution is 2.61. The zero-order valence-corrected chi connectivity index (χ0v) is 17.4. The van der Waals surface area contributed by atoms with Crippen molar-refractivity contribution in [2.45, 2.75) is 57.9 Å². The van der Waals surface area contributed by atoms with Crippen LogP contribution >= 0.6 is 0 Å². The second-order valence-corrected chi connectivity index (χ2v) is 8.83. The van der Waals surface area contributed by atoms with Crippen molar-refractivity contribution in [2.75, 3.05) is 6.61 Å². The fourth-order valence-electron chi connectivity index (χ4n) is 4.85. The molecule has 1 spiro atoms. The maximum absolute atomic E-state index is 12.6. The van der Waals surface area contributed by atoms with Crippen LogP contribution < -0.4 is 10.1 Å². The van der Waals surface area contributed by atoms with Gasteiger partial charge in [-0.3, -0.25) is 4.79 Å². The number of amides is 1. The van der Waals surface area contributed by atoms with Gasteiger partial charge in [0.05, 0.1) is 12.1 Å². The summed E-state index contributed by atoms with van der Waals surface area (Å²) < 4.78 is 11.0. The van der Waals surface area contributed by atoms with Crippen molar-refractivity contribution in [1.82, 2.24) is 20.5 Å². The lowest BCUT2D eigenvalue weighted by atomic mass is 9.50. The predicted molar refractivity (Wildman–Crippen MR) is 111 cm³/mol. The number of benzene rings is 1. The Bertz CT molecular complexity index is 1080. The molecule has 3 aromatic rings. The number of aryl methyl sites for hydroxylation is 1. The number of pyridine rings is 1. The van der Waals surface area contributed by atoms with E-state index in [1.54, 1.807) is 6.07 Å². The Hall–Kier alpha value is -2.96. The van der Waals surface area contributed by atoms with Crippen molar-refractivity contribution in [2.24, 2.45) is 5.41 Å². The first-order valence-corrected chi connectivity index (χ1v) is 10.7. The molecule has 1 N–H and O–H groups in total. The van der Waals surface area contributed by atoms with E-state index < -0.39 is 0 Å². The summed E-state index contributed by atoms with van der Waals surface area (Å²) in [7, 11) is 0. The van der Waals surface area contributed by atoms with E-state index in [4.69, 9.17) is 9.15 Å². The number of hydrogen-bond donors (Lipinski definition) is 1. The third kappa shape index (κ3) is 3.53. The molecule has 2 aromatic heterocycles. The number of fused-ring (bicyclic) bond motifs is 1. The smallest absolute Gasteiger partial charge is 0.414 e. The van der Waals surface area contributed by atoms with Gasteiger partial charge in [0.2, 0.25) is 5.89 Å². The van der Waals surface area contributed by atoms with Crippen molar-refractivity contribution < 1.29 is 13.9 Å². The van der Waals surface area contributed by atoms with E-state index in [1.807, 2.05) is 25.1 Å². The molecule has 0 radical (unpaired) electrons. The third-order valence-corrected chi connectivity index (χ3v) is 6.33. The Kier molecular flexibility index (Phi) is 4.68. The van der Waals surface area contributed by atoms with Gasteiger partial charge >= 0.3 is 6.08 Å². The van der Waals surface area contributed by atoms with Gasteiger partial charge < -0.3 is 14.5 Å². The van der Waals surface area contributed by atoms with Crippen LogP contribution in [0, 0.1) is 12.3 Å². The van der Waals surface area contributed by atoms with Crippen LogP contribution in [0.1, 0.15) is 66.9 Å². The zero-order chi connectivity index (χ0) is 20.7. The summed E-state index contributed by atoms with van der Waals surface area (Å²) in [5.74, 6) is 0.886. The Labute approximate surface area is 175 Å². The van der Waals surface area contributed by atoms with Crippen LogP contribution in [0.5, 0.6) is 6.08 Å². The van der Waals surface area contributed by atoms with E-state index in [-0.39, 0.29) is 18.0 Å². The molecule has 0 bridgehead atoms. The Morgan fingerprint density at radius 3 is 2.83 bits per heavy atom. The van der Waals surface area contributed by atoms with Crippen LogP contribution in [0.25, 0.3) is 10.9 Å². The maximum atomic E-state index is 12.6. The van der Waals surface area contributed by atoms with E-state index in [1.165, 1.54) is 5.56 Å². The monoisotopic (exact) mass is 406 g/mol. The molecule has 0 aliphatic heterocycles. The lowest BCUT2D eigenvalue weighted by Crippen LogP contribution is -2.55. The molecule has 2 saturated carbocycles. The highest BCUT2D eigenvalue weighted by atomic mass is 16.6. The molecule has 0 atom stereocenters. The molecule has 0 saturated heterocycles. The summed E-state index contributed by atoms with van der Waals surface area (Å²) in [4.78, 5) is 17.2. The van der Waals surface area contributed by atoms with Crippen molar-refractivity contribution in [3.05, 3.63) is 47.5 Å². The van der Waals surface area contributed by atoms with E-state index in [0.717, 1.165) is 43.0 Å². The lowest BCUT2D eigenvalue weighted by molar-refractivity contribution is -0.0265. The molecule has 2 fully saturated rings. The minimum atomic E-state index is -0.0946. The molecule has 0 unspecified atom stereocenters. The predicted octanol–water partition coefficient (Wildman–Crippen LogP) is 4.17. The Balaban J connectivity index is 1.13. The SMILES string of the molecule is CCCOc1nnc(C2CC3(CC(NC(=O)c4ccc5cc(C)ccc5n4)C3)C2)o1. The van der Waals surface area contributed by atoms with E-state index in [2.05, 4.69) is 33.5 Å². The number of ether oxygens (including phenoxy) is 1. The van der Waals surface area contributed by atoms with Crippen LogP contribution in [-0.2, 0) is 0 Å². The number of hydrogen-bond acceptors (Lipinski definition) is 6. The summed E-state index contributed by atoms with van der Waals surface area (Å²) in [6.45, 7) is 4.67. The van der Waals surface area contributed by atoms with E-state index >= 15 is 0 Å². The van der Waals surface area contributed by atoms with Crippen LogP contribution in [-0.4, -0.2) is 33.7 Å². The molecule has 2 aliphatic carbocycles. The molecule has 156 valence electrons. The molecule has 2 aliphatic rings. The van der Waals surface area contributed by atoms with Gasteiger partial charge in [0, 0.05) is 17.3 Å². The normalized spacial score (nSPS) is 25.0. The number of nitrogens with zero attached hydrogens (tertiary/aromatic N) is 3. The van der Waals surface area contributed by atoms with Gasteiger partial charge in [-0.05, 0) is 62.6 Å². The van der Waals surface area contributed by atoms with Crippen LogP contribution in [0.2, 0.25) is 0 Å². The topological polar surface area (TPSA) is 90.1 Å². The standard InChI is InChI=1S/C23H26N4O3/c1-3-8-29-22-27-26-21(30-22)16-10-23(11-16)12-17(13-23)24-20(28)19-7-5-15-9-14(2)4-6-18(15)25-19/h4-7,9,16-17H,3,8,10-13H2,1-2H3,(H,24,28). The van der Waals surface area contributed by atoms with Crippen LogP contribution in [0.3, 0.4) is 0 Å². The van der Waals surface area contributed by atoms with E-state index in [0.29, 0.717) is 29.5 Å². The molecule has 1 amide bonds. The largest absolute Gasteiger partial charge is 0.449 e. The maximum Gasteiger partial charge on any atom is 0.414 e. The second-order valence-electron chi connectivity index (χ2n) is 8.83. The number of rotatable bonds is 6. The Morgan fingerprint density at radius 1 is 1.20 bits per heavy atom. The minimum absolute atomic E-state index is 0.0946. The number of carbonyl (C=O) groups excluding carboxylic acids is 1. The number of carbonyl (C=O) groups is 1. The third-order valence-electron chi connectivity index (χ3n) is 6.33. The van der Waals surface area contributed by atoms with Gasteiger partial charge in [0.25, 0.3) is 5.91 Å². The average Bonchev–Trinajstić information content (AvgIpc) is 3.15. The summed E-state index contributed by atoms with van der Waals surface area (Å²) >= 11 is 0. The second kappa shape index (κ2) is 7.38. The zero-order valence-electron chi connectivity index (χ0n) is 17.4. The molecule has 2 heterocycles. The minimum Gasteiger partial charge on any atom is -0.449 e. The van der Waals surface area contributed by atoms with Gasteiger partial charge in [-0.25, -0.2) is 4.98 Å². The van der Waals surface area contributed by atoms with Gasteiger partial charge in [0.15, 0.2) is 0 Å².